The van der Waals surface area contributed by atoms with E-state index in [1.54, 1.807) is 0 Å². The fourth-order valence-electron chi connectivity index (χ4n) is 3.48. The third-order valence-corrected chi connectivity index (χ3v) is 4.81. The molecule has 0 aromatic heterocycles. The van der Waals surface area contributed by atoms with Gasteiger partial charge in [-0.3, -0.25) is 9.59 Å². The van der Waals surface area contributed by atoms with Crippen LogP contribution in [-0.2, 0) is 19.1 Å². The van der Waals surface area contributed by atoms with E-state index in [2.05, 4.69) is 10.3 Å². The van der Waals surface area contributed by atoms with Gasteiger partial charge >= 0.3 is 5.97 Å². The number of hydrogen-bond donors (Lipinski definition) is 1. The van der Waals surface area contributed by atoms with Crippen molar-refractivity contribution in [3.05, 3.63) is 0 Å². The number of nitrogens with one attached hydrogen (secondary N) is 1. The molecule has 1 rings (SSSR count). The van der Waals surface area contributed by atoms with Crippen LogP contribution >= 0.6 is 0 Å². The van der Waals surface area contributed by atoms with E-state index in [0.29, 0.717) is 25.2 Å². The predicted molar refractivity (Wildman–Crippen MR) is 106 cm³/mol. The first-order chi connectivity index (χ1) is 12.7. The first-order valence-electron chi connectivity index (χ1n) is 10.2. The van der Waals surface area contributed by atoms with Gasteiger partial charge < -0.3 is 10.1 Å². The lowest BCUT2D eigenvalue weighted by Crippen LogP contribution is -2.42. The van der Waals surface area contributed by atoms with Crippen LogP contribution in [0.2, 0.25) is 0 Å². The van der Waals surface area contributed by atoms with Crippen molar-refractivity contribution in [3.8, 4) is 0 Å². The second-order valence-electron chi connectivity index (χ2n) is 8.44. The lowest BCUT2D eigenvalue weighted by Gasteiger charge is -2.22. The molecular weight excluding hydrogens is 344 g/mol. The van der Waals surface area contributed by atoms with Gasteiger partial charge in [-0.2, -0.15) is 0 Å². The molecule has 6 nitrogen and oxygen atoms in total. The Kier molecular flexibility index (Phi) is 10.3. The summed E-state index contributed by atoms with van der Waals surface area (Å²) >= 11 is 0. The molecule has 1 N–H and O–H groups in total. The van der Waals surface area contributed by atoms with E-state index in [4.69, 9.17) is 4.74 Å². The Bertz CT molecular complexity index is 534. The van der Waals surface area contributed by atoms with Crippen molar-refractivity contribution < 1.29 is 19.1 Å². The summed E-state index contributed by atoms with van der Waals surface area (Å²) in [4.78, 5) is 41.2. The lowest BCUT2D eigenvalue weighted by molar-refractivity contribution is -0.133. The molecule has 0 spiro atoms. The minimum atomic E-state index is -0.706. The fraction of sp³-hybridized carbons (Fsp3) is 0.810. The summed E-state index contributed by atoms with van der Waals surface area (Å²) in [6, 6.07) is -0.706. The molecule has 1 aliphatic carbocycles. The summed E-state index contributed by atoms with van der Waals surface area (Å²) in [6.07, 6.45) is 6.92. The van der Waals surface area contributed by atoms with Crippen molar-refractivity contribution >= 4 is 23.5 Å². The first-order valence-corrected chi connectivity index (χ1v) is 10.2. The molecule has 1 fully saturated rings. The van der Waals surface area contributed by atoms with Crippen LogP contribution in [0.4, 0.5) is 0 Å². The highest BCUT2D eigenvalue weighted by Gasteiger charge is 2.26. The minimum absolute atomic E-state index is 0.161. The van der Waals surface area contributed by atoms with E-state index in [9.17, 15) is 14.4 Å². The number of nitrogens with zero attached hydrogens (tertiary/aromatic N) is 1. The Morgan fingerprint density at radius 2 is 1.67 bits per heavy atom. The lowest BCUT2D eigenvalue weighted by atomic mass is 9.85. The Morgan fingerprint density at radius 3 is 2.19 bits per heavy atom. The van der Waals surface area contributed by atoms with E-state index < -0.39 is 17.9 Å². The zero-order valence-electron chi connectivity index (χ0n) is 17.5. The maximum atomic E-state index is 12.8. The average Bonchev–Trinajstić information content (AvgIpc) is 2.59. The third-order valence-electron chi connectivity index (χ3n) is 4.81. The average molecular weight is 381 g/mol. The van der Waals surface area contributed by atoms with Crippen LogP contribution in [0.15, 0.2) is 4.99 Å². The van der Waals surface area contributed by atoms with Gasteiger partial charge in [-0.1, -0.05) is 59.8 Å². The summed E-state index contributed by atoms with van der Waals surface area (Å²) in [5.41, 5.74) is 0.182. The second-order valence-corrected chi connectivity index (χ2v) is 8.44. The molecule has 0 radical (unpaired) electrons. The van der Waals surface area contributed by atoms with Crippen LogP contribution < -0.4 is 5.32 Å². The molecule has 0 aromatic carbocycles. The largest absolute Gasteiger partial charge is 0.465 e. The number of methoxy groups -OCH3 is 1. The number of rotatable bonds is 9. The normalized spacial score (nSPS) is 17.1. The van der Waals surface area contributed by atoms with Crippen molar-refractivity contribution in [1.29, 1.82) is 0 Å². The van der Waals surface area contributed by atoms with Crippen LogP contribution in [0.5, 0.6) is 0 Å². The molecule has 0 bridgehead atoms. The summed E-state index contributed by atoms with van der Waals surface area (Å²) in [6.45, 7) is 7.89. The molecule has 1 saturated carbocycles. The number of esters is 1. The highest BCUT2D eigenvalue weighted by molar-refractivity contribution is 6.38. The number of hydrogen-bond acceptors (Lipinski definition) is 4. The SMILES string of the molecule is COC(=O)/C(CC1CCCCC1)=N/C(=O)[C@H](CC(C)C)NC(=O)CC(C)C. The van der Waals surface area contributed by atoms with Crippen LogP contribution in [0.3, 0.4) is 0 Å². The van der Waals surface area contributed by atoms with Gasteiger partial charge in [0, 0.05) is 6.42 Å². The molecule has 27 heavy (non-hydrogen) atoms. The zero-order chi connectivity index (χ0) is 20.4. The number of carbonyl (C=O) groups excluding carboxylic acids is 3. The summed E-state index contributed by atoms with van der Waals surface area (Å²) in [5.74, 6) is -0.383. The molecule has 1 atom stereocenters. The van der Waals surface area contributed by atoms with Crippen LogP contribution in [0.25, 0.3) is 0 Å². The van der Waals surface area contributed by atoms with E-state index >= 15 is 0 Å². The smallest absolute Gasteiger partial charge is 0.352 e. The second kappa shape index (κ2) is 11.9. The van der Waals surface area contributed by atoms with Gasteiger partial charge in [0.2, 0.25) is 5.91 Å². The molecule has 0 saturated heterocycles. The van der Waals surface area contributed by atoms with Gasteiger partial charge in [0.05, 0.1) is 7.11 Å². The molecular formula is C21H36N2O4. The highest BCUT2D eigenvalue weighted by atomic mass is 16.5. The molecule has 0 unspecified atom stereocenters. The van der Waals surface area contributed by atoms with Gasteiger partial charge in [0.25, 0.3) is 5.91 Å². The maximum Gasteiger partial charge on any atom is 0.352 e. The standard InChI is InChI=1S/C21H36N2O4/c1-14(2)11-17(22-19(24)12-15(3)4)20(25)23-18(21(26)27-5)13-16-9-7-6-8-10-16/h14-17H,6-13H2,1-5H3,(H,22,24)/b23-18+/t17-/m0/s1. The molecule has 154 valence electrons. The zero-order valence-corrected chi connectivity index (χ0v) is 17.5. The quantitative estimate of drug-likeness (QED) is 0.488. The monoisotopic (exact) mass is 380 g/mol. The fourth-order valence-corrected chi connectivity index (χ4v) is 3.48. The molecule has 1 aliphatic rings. The first kappa shape index (κ1) is 23.3. The van der Waals surface area contributed by atoms with Gasteiger partial charge in [0.15, 0.2) is 0 Å². The molecule has 0 aromatic rings. The summed E-state index contributed by atoms with van der Waals surface area (Å²) < 4.78 is 4.84. The summed E-state index contributed by atoms with van der Waals surface area (Å²) in [7, 11) is 1.30. The van der Waals surface area contributed by atoms with Gasteiger partial charge in [0.1, 0.15) is 11.8 Å². The summed E-state index contributed by atoms with van der Waals surface area (Å²) in [5, 5.41) is 2.80. The highest BCUT2D eigenvalue weighted by Crippen LogP contribution is 2.27. The minimum Gasteiger partial charge on any atom is -0.465 e. The van der Waals surface area contributed by atoms with Crippen molar-refractivity contribution in [2.24, 2.45) is 22.7 Å². The Labute approximate surface area is 163 Å². The topological polar surface area (TPSA) is 84.8 Å². The van der Waals surface area contributed by atoms with Crippen molar-refractivity contribution in [2.45, 2.75) is 85.1 Å². The Hall–Kier alpha value is -1.72. The Balaban J connectivity index is 2.91. The van der Waals surface area contributed by atoms with Crippen LogP contribution in [-0.4, -0.2) is 36.6 Å². The van der Waals surface area contributed by atoms with E-state index in [0.717, 1.165) is 25.7 Å². The number of aliphatic imine (C=N–C) groups is 1. The van der Waals surface area contributed by atoms with Crippen molar-refractivity contribution in [2.75, 3.05) is 7.11 Å². The van der Waals surface area contributed by atoms with Crippen molar-refractivity contribution in [1.82, 2.24) is 5.32 Å². The molecule has 0 aliphatic heterocycles. The van der Waals surface area contributed by atoms with E-state index in [1.165, 1.54) is 13.5 Å². The van der Waals surface area contributed by atoms with Crippen molar-refractivity contribution in [3.63, 3.8) is 0 Å². The van der Waals surface area contributed by atoms with Crippen LogP contribution in [0.1, 0.15) is 79.1 Å². The number of ether oxygens (including phenoxy) is 1. The van der Waals surface area contributed by atoms with Crippen LogP contribution in [0, 0.1) is 17.8 Å². The van der Waals surface area contributed by atoms with E-state index in [-0.39, 0.29) is 23.5 Å². The molecule has 6 heteroatoms. The van der Waals surface area contributed by atoms with Gasteiger partial charge in [-0.05, 0) is 30.6 Å². The number of carbonyl (C=O) groups is 3. The third kappa shape index (κ3) is 9.16. The van der Waals surface area contributed by atoms with E-state index in [1.807, 2.05) is 27.7 Å². The van der Waals surface area contributed by atoms with Gasteiger partial charge in [-0.25, -0.2) is 9.79 Å². The number of amides is 2. The van der Waals surface area contributed by atoms with Gasteiger partial charge in [-0.15, -0.1) is 0 Å². The molecule has 2 amide bonds. The predicted octanol–water partition coefficient (Wildman–Crippen LogP) is 3.67. The molecule has 0 heterocycles. The maximum absolute atomic E-state index is 12.8. The Morgan fingerprint density at radius 1 is 1.04 bits per heavy atom.